The van der Waals surface area contributed by atoms with E-state index in [2.05, 4.69) is 4.65 Å². The summed E-state index contributed by atoms with van der Waals surface area (Å²) in [6.45, 7) is 0. The van der Waals surface area contributed by atoms with Crippen molar-refractivity contribution in [2.45, 2.75) is 0 Å². The van der Waals surface area contributed by atoms with Crippen LogP contribution in [0.3, 0.4) is 0 Å². The average molecular weight is 210 g/mol. The standard InChI is InChI=1S/C7H5BNO6/c10-7(11)4-1-5(9(13)14)3-6(2-4)15-8-12/h1-3,12H,(H,10,11). The number of carbonyl (C=O) groups is 1. The van der Waals surface area contributed by atoms with Gasteiger partial charge in [0.15, 0.2) is 0 Å². The van der Waals surface area contributed by atoms with Crippen molar-refractivity contribution in [2.75, 3.05) is 0 Å². The smallest absolute Gasteiger partial charge is 0.537 e. The third-order valence-electron chi connectivity index (χ3n) is 1.54. The summed E-state index contributed by atoms with van der Waals surface area (Å²) in [5, 5.41) is 27.4. The summed E-state index contributed by atoms with van der Waals surface area (Å²) in [5.74, 6) is -1.44. The minimum Gasteiger partial charge on any atom is -0.537 e. The normalized spacial score (nSPS) is 9.40. The van der Waals surface area contributed by atoms with Crippen LogP contribution < -0.4 is 4.65 Å². The average Bonchev–Trinajstić information content (AvgIpc) is 2.17. The summed E-state index contributed by atoms with van der Waals surface area (Å²) in [4.78, 5) is 20.2. The highest BCUT2D eigenvalue weighted by Crippen LogP contribution is 2.22. The van der Waals surface area contributed by atoms with E-state index in [1.165, 1.54) is 0 Å². The molecule has 0 unspecified atom stereocenters. The second-order valence-corrected chi connectivity index (χ2v) is 2.50. The predicted octanol–water partition coefficient (Wildman–Crippen LogP) is 0.198. The van der Waals surface area contributed by atoms with E-state index in [-0.39, 0.29) is 11.3 Å². The van der Waals surface area contributed by atoms with Gasteiger partial charge in [-0.05, 0) is 6.07 Å². The lowest BCUT2D eigenvalue weighted by Crippen LogP contribution is -2.03. The van der Waals surface area contributed by atoms with Crippen molar-refractivity contribution in [3.63, 3.8) is 0 Å². The number of nitro groups is 1. The summed E-state index contributed by atoms with van der Waals surface area (Å²) in [5.41, 5.74) is -0.715. The summed E-state index contributed by atoms with van der Waals surface area (Å²) in [7, 11) is 0.310. The lowest BCUT2D eigenvalue weighted by atomic mass is 10.2. The van der Waals surface area contributed by atoms with E-state index in [1.54, 1.807) is 0 Å². The largest absolute Gasteiger partial charge is 0.569 e. The molecule has 0 amide bonds. The van der Waals surface area contributed by atoms with Crippen LogP contribution in [0.25, 0.3) is 0 Å². The summed E-state index contributed by atoms with van der Waals surface area (Å²) < 4.78 is 4.45. The van der Waals surface area contributed by atoms with Crippen LogP contribution in [0, 0.1) is 10.1 Å². The van der Waals surface area contributed by atoms with Crippen LogP contribution in [-0.2, 0) is 0 Å². The number of rotatable bonds is 4. The minimum absolute atomic E-state index is 0.121. The van der Waals surface area contributed by atoms with Gasteiger partial charge in [0.25, 0.3) is 5.69 Å². The van der Waals surface area contributed by atoms with Crippen LogP contribution in [0.1, 0.15) is 10.4 Å². The number of benzene rings is 1. The van der Waals surface area contributed by atoms with Gasteiger partial charge in [-0.2, -0.15) is 0 Å². The van der Waals surface area contributed by atoms with Gasteiger partial charge < -0.3 is 14.8 Å². The Kier molecular flexibility index (Phi) is 3.24. The van der Waals surface area contributed by atoms with Crippen molar-refractivity contribution < 1.29 is 24.5 Å². The van der Waals surface area contributed by atoms with Gasteiger partial charge in [0.05, 0.1) is 16.6 Å². The number of nitrogens with zero attached hydrogens (tertiary/aromatic N) is 1. The highest BCUT2D eigenvalue weighted by Gasteiger charge is 2.14. The molecule has 0 aromatic heterocycles. The van der Waals surface area contributed by atoms with Gasteiger partial charge in [-0.25, -0.2) is 4.79 Å². The van der Waals surface area contributed by atoms with Gasteiger partial charge in [-0.1, -0.05) is 0 Å². The van der Waals surface area contributed by atoms with E-state index in [4.69, 9.17) is 10.1 Å². The first kappa shape index (κ1) is 11.0. The Morgan fingerprint density at radius 1 is 1.47 bits per heavy atom. The molecular weight excluding hydrogens is 205 g/mol. The molecule has 0 saturated carbocycles. The van der Waals surface area contributed by atoms with Crippen LogP contribution in [0.4, 0.5) is 5.69 Å². The molecule has 0 bridgehead atoms. The minimum atomic E-state index is -1.32. The number of non-ortho nitro benzene ring substituents is 1. The molecule has 1 radical (unpaired) electrons. The third-order valence-corrected chi connectivity index (χ3v) is 1.54. The highest BCUT2D eigenvalue weighted by molar-refractivity contribution is 6.17. The molecule has 0 aliphatic rings. The monoisotopic (exact) mass is 210 g/mol. The van der Waals surface area contributed by atoms with Crippen molar-refractivity contribution in [3.05, 3.63) is 33.9 Å². The first-order valence-corrected chi connectivity index (χ1v) is 3.70. The zero-order valence-corrected chi connectivity index (χ0v) is 7.28. The molecule has 77 valence electrons. The lowest BCUT2D eigenvalue weighted by molar-refractivity contribution is -0.384. The van der Waals surface area contributed by atoms with Gasteiger partial charge >= 0.3 is 13.7 Å². The van der Waals surface area contributed by atoms with Gasteiger partial charge in [0, 0.05) is 6.07 Å². The van der Waals surface area contributed by atoms with Crippen LogP contribution in [0.15, 0.2) is 18.2 Å². The summed E-state index contributed by atoms with van der Waals surface area (Å²) in [6.07, 6.45) is 0. The first-order valence-electron chi connectivity index (χ1n) is 3.70. The lowest BCUT2D eigenvalue weighted by Gasteiger charge is -2.02. The van der Waals surface area contributed by atoms with E-state index in [0.29, 0.717) is 7.69 Å². The van der Waals surface area contributed by atoms with Crippen molar-refractivity contribution in [3.8, 4) is 5.75 Å². The van der Waals surface area contributed by atoms with Gasteiger partial charge in [0.1, 0.15) is 5.75 Å². The quantitative estimate of drug-likeness (QED) is 0.417. The number of aromatic carboxylic acids is 1. The molecule has 0 spiro atoms. The van der Waals surface area contributed by atoms with Crippen molar-refractivity contribution >= 4 is 19.3 Å². The fraction of sp³-hybridized carbons (Fsp3) is 0. The molecule has 0 aliphatic carbocycles. The maximum Gasteiger partial charge on any atom is 0.569 e. The van der Waals surface area contributed by atoms with Gasteiger partial charge in [-0.3, -0.25) is 10.1 Å². The Hall–Kier alpha value is -2.09. The summed E-state index contributed by atoms with van der Waals surface area (Å²) in [6, 6.07) is 2.95. The second-order valence-electron chi connectivity index (χ2n) is 2.50. The zero-order valence-electron chi connectivity index (χ0n) is 7.28. The fourth-order valence-corrected chi connectivity index (χ4v) is 0.941. The number of carboxylic acids is 1. The molecule has 0 saturated heterocycles. The van der Waals surface area contributed by atoms with Gasteiger partial charge in [-0.15, -0.1) is 0 Å². The first-order chi connectivity index (χ1) is 7.04. The number of carboxylic acid groups (broad SMARTS) is 1. The molecule has 0 atom stereocenters. The summed E-state index contributed by atoms with van der Waals surface area (Å²) >= 11 is 0. The molecule has 7 nitrogen and oxygen atoms in total. The van der Waals surface area contributed by atoms with Crippen molar-refractivity contribution in [2.24, 2.45) is 0 Å². The molecule has 1 aromatic carbocycles. The van der Waals surface area contributed by atoms with Gasteiger partial charge in [0.2, 0.25) is 0 Å². The molecule has 15 heavy (non-hydrogen) atoms. The molecule has 0 aliphatic heterocycles. The number of nitro benzene ring substituents is 1. The van der Waals surface area contributed by atoms with Crippen LogP contribution >= 0.6 is 0 Å². The highest BCUT2D eigenvalue weighted by atomic mass is 16.6. The van der Waals surface area contributed by atoms with Crippen LogP contribution in [-0.4, -0.2) is 28.7 Å². The molecule has 8 heteroatoms. The van der Waals surface area contributed by atoms with Crippen LogP contribution in [0.2, 0.25) is 0 Å². The van der Waals surface area contributed by atoms with E-state index in [0.717, 1.165) is 18.2 Å². The molecule has 1 aromatic rings. The Bertz CT molecular complexity index is 374. The van der Waals surface area contributed by atoms with E-state index >= 15 is 0 Å². The second kappa shape index (κ2) is 4.42. The van der Waals surface area contributed by atoms with Crippen molar-refractivity contribution in [1.29, 1.82) is 0 Å². The Morgan fingerprint density at radius 2 is 2.13 bits per heavy atom. The fourth-order valence-electron chi connectivity index (χ4n) is 0.941. The molecular formula is C7H5BNO6. The topological polar surface area (TPSA) is 110 Å². The van der Waals surface area contributed by atoms with E-state index in [1.807, 2.05) is 0 Å². The Labute approximate surface area is 84.4 Å². The molecule has 0 fully saturated rings. The molecule has 2 N–H and O–H groups in total. The zero-order chi connectivity index (χ0) is 11.4. The predicted molar refractivity (Wildman–Crippen MR) is 48.7 cm³/mol. The SMILES string of the molecule is O=C(O)c1cc(O[B]O)cc([N+](=O)[O-])c1. The van der Waals surface area contributed by atoms with E-state index in [9.17, 15) is 14.9 Å². The number of hydrogen-bond acceptors (Lipinski definition) is 5. The third kappa shape index (κ3) is 2.68. The number of hydrogen-bond donors (Lipinski definition) is 2. The maximum absolute atomic E-state index is 10.6. The van der Waals surface area contributed by atoms with Crippen molar-refractivity contribution in [1.82, 2.24) is 0 Å². The van der Waals surface area contributed by atoms with E-state index < -0.39 is 16.6 Å². The van der Waals surface area contributed by atoms with Crippen LogP contribution in [0.5, 0.6) is 5.75 Å². The Morgan fingerprint density at radius 3 is 2.60 bits per heavy atom. The molecule has 0 heterocycles. The molecule has 1 rings (SSSR count). The Balaban J connectivity index is 3.19. The maximum atomic E-state index is 10.6.